The summed E-state index contributed by atoms with van der Waals surface area (Å²) >= 11 is 0. The van der Waals surface area contributed by atoms with Crippen LogP contribution in [-0.2, 0) is 14.3 Å². The third kappa shape index (κ3) is 3.70. The summed E-state index contributed by atoms with van der Waals surface area (Å²) in [6, 6.07) is -0.278. The average molecular weight is 333 g/mol. The Kier molecular flexibility index (Phi) is 4.11. The van der Waals surface area contributed by atoms with E-state index in [4.69, 9.17) is 9.47 Å². The Hall–Kier alpha value is -1.94. The lowest BCUT2D eigenvalue weighted by Gasteiger charge is -2.47. The molecule has 23 heavy (non-hydrogen) atoms. The average Bonchev–Trinajstić information content (AvgIpc) is 2.46. The SMILES string of the molecule is O=C(OC12COCC(CC(Oc3cnccn3)C1)N2)C(F)(F)F. The van der Waals surface area contributed by atoms with Crippen molar-refractivity contribution in [2.24, 2.45) is 0 Å². The van der Waals surface area contributed by atoms with Gasteiger partial charge in [-0.3, -0.25) is 10.3 Å². The Morgan fingerprint density at radius 1 is 1.43 bits per heavy atom. The molecule has 1 aromatic rings. The minimum absolute atomic E-state index is 0.0158. The summed E-state index contributed by atoms with van der Waals surface area (Å²) in [5.41, 5.74) is -1.55. The molecule has 0 radical (unpaired) electrons. The van der Waals surface area contributed by atoms with Gasteiger partial charge in [0.25, 0.3) is 0 Å². The molecule has 0 aliphatic carbocycles. The number of carbonyl (C=O) groups is 1. The summed E-state index contributed by atoms with van der Waals surface area (Å²) in [5, 5.41) is 2.90. The van der Waals surface area contributed by atoms with Gasteiger partial charge in [-0.2, -0.15) is 13.2 Å². The summed E-state index contributed by atoms with van der Waals surface area (Å²) in [6.45, 7) is 0.122. The second-order valence-electron chi connectivity index (χ2n) is 5.46. The van der Waals surface area contributed by atoms with Gasteiger partial charge >= 0.3 is 12.1 Å². The maximum Gasteiger partial charge on any atom is 0.490 e. The monoisotopic (exact) mass is 333 g/mol. The van der Waals surface area contributed by atoms with Crippen LogP contribution in [0.2, 0.25) is 0 Å². The van der Waals surface area contributed by atoms with E-state index in [1.54, 1.807) is 0 Å². The highest BCUT2D eigenvalue weighted by Crippen LogP contribution is 2.32. The van der Waals surface area contributed by atoms with Crippen molar-refractivity contribution in [3.63, 3.8) is 0 Å². The Morgan fingerprint density at radius 3 is 2.96 bits per heavy atom. The van der Waals surface area contributed by atoms with Gasteiger partial charge in [0.2, 0.25) is 5.88 Å². The minimum Gasteiger partial charge on any atom is -0.473 e. The molecule has 0 amide bonds. The van der Waals surface area contributed by atoms with Crippen LogP contribution in [0.5, 0.6) is 5.88 Å². The molecule has 3 unspecified atom stereocenters. The first-order valence-electron chi connectivity index (χ1n) is 6.95. The molecule has 0 spiro atoms. The predicted molar refractivity (Wildman–Crippen MR) is 68.3 cm³/mol. The third-order valence-electron chi connectivity index (χ3n) is 3.57. The molecule has 3 rings (SSSR count). The molecule has 2 aliphatic rings. The lowest BCUT2D eigenvalue weighted by Crippen LogP contribution is -2.67. The van der Waals surface area contributed by atoms with Crippen LogP contribution >= 0.6 is 0 Å². The van der Waals surface area contributed by atoms with Crippen molar-refractivity contribution in [3.05, 3.63) is 18.6 Å². The number of esters is 1. The summed E-state index contributed by atoms with van der Waals surface area (Å²) in [7, 11) is 0. The van der Waals surface area contributed by atoms with E-state index in [1.807, 2.05) is 0 Å². The standard InChI is InChI=1S/C13H14F3N3O4/c14-13(15,16)11(20)23-12-4-9(3-8(19-12)6-21-7-12)22-10-5-17-1-2-18-10/h1-2,5,8-9,19H,3-4,6-7H2. The van der Waals surface area contributed by atoms with Gasteiger partial charge in [-0.1, -0.05) is 0 Å². The number of aromatic nitrogens is 2. The van der Waals surface area contributed by atoms with Gasteiger partial charge in [-0.25, -0.2) is 9.78 Å². The number of rotatable bonds is 3. The minimum atomic E-state index is -5.07. The van der Waals surface area contributed by atoms with Gasteiger partial charge in [0, 0.05) is 31.3 Å². The van der Waals surface area contributed by atoms with Gasteiger partial charge in [0.15, 0.2) is 5.72 Å². The van der Waals surface area contributed by atoms with Crippen LogP contribution in [0.4, 0.5) is 13.2 Å². The van der Waals surface area contributed by atoms with Gasteiger partial charge in [0.05, 0.1) is 12.8 Å². The zero-order valence-electron chi connectivity index (χ0n) is 11.9. The number of nitrogens with one attached hydrogen (secondary N) is 1. The number of halogens is 3. The smallest absolute Gasteiger partial charge is 0.473 e. The van der Waals surface area contributed by atoms with Crippen molar-refractivity contribution in [3.8, 4) is 5.88 Å². The zero-order chi connectivity index (χ0) is 16.5. The van der Waals surface area contributed by atoms with Crippen molar-refractivity contribution in [2.75, 3.05) is 13.2 Å². The fourth-order valence-electron chi connectivity index (χ4n) is 2.78. The predicted octanol–water partition coefficient (Wildman–Crippen LogP) is 0.808. The second-order valence-corrected chi connectivity index (χ2v) is 5.46. The Morgan fingerprint density at radius 2 is 2.26 bits per heavy atom. The van der Waals surface area contributed by atoms with E-state index in [0.717, 1.165) is 0 Å². The van der Waals surface area contributed by atoms with Crippen LogP contribution < -0.4 is 10.1 Å². The fourth-order valence-corrected chi connectivity index (χ4v) is 2.78. The topological polar surface area (TPSA) is 82.6 Å². The van der Waals surface area contributed by atoms with Crippen molar-refractivity contribution < 1.29 is 32.2 Å². The number of piperidine rings is 1. The largest absolute Gasteiger partial charge is 0.490 e. The summed E-state index contributed by atoms with van der Waals surface area (Å²) in [6.07, 6.45) is -0.707. The number of hydrogen-bond donors (Lipinski definition) is 1. The van der Waals surface area contributed by atoms with Crippen LogP contribution in [0.15, 0.2) is 18.6 Å². The molecule has 7 nitrogen and oxygen atoms in total. The lowest BCUT2D eigenvalue weighted by atomic mass is 9.91. The molecule has 0 aromatic carbocycles. The molecule has 3 heterocycles. The Balaban J connectivity index is 1.73. The molecule has 1 aromatic heterocycles. The zero-order valence-corrected chi connectivity index (χ0v) is 11.9. The number of ether oxygens (including phenoxy) is 3. The van der Waals surface area contributed by atoms with Gasteiger partial charge < -0.3 is 14.2 Å². The van der Waals surface area contributed by atoms with Crippen LogP contribution in [0, 0.1) is 0 Å². The second kappa shape index (κ2) is 5.93. The summed E-state index contributed by atoms with van der Waals surface area (Å²) in [4.78, 5) is 19.0. The highest BCUT2D eigenvalue weighted by molar-refractivity contribution is 5.76. The van der Waals surface area contributed by atoms with Gasteiger partial charge in [-0.15, -0.1) is 0 Å². The molecule has 1 N–H and O–H groups in total. The molecular formula is C13H14F3N3O4. The molecule has 2 bridgehead atoms. The third-order valence-corrected chi connectivity index (χ3v) is 3.57. The van der Waals surface area contributed by atoms with E-state index in [9.17, 15) is 18.0 Å². The van der Waals surface area contributed by atoms with Gasteiger partial charge in [0.1, 0.15) is 12.7 Å². The van der Waals surface area contributed by atoms with Crippen LogP contribution in [0.25, 0.3) is 0 Å². The summed E-state index contributed by atoms with van der Waals surface area (Å²) < 4.78 is 53.0. The molecule has 3 atom stereocenters. The molecule has 0 saturated carbocycles. The van der Waals surface area contributed by atoms with Crippen LogP contribution in [0.1, 0.15) is 12.8 Å². The first-order chi connectivity index (χ1) is 10.9. The number of nitrogens with zero attached hydrogens (tertiary/aromatic N) is 2. The van der Waals surface area contributed by atoms with Crippen molar-refractivity contribution in [1.29, 1.82) is 0 Å². The normalized spacial score (nSPS) is 30.6. The molecule has 10 heteroatoms. The number of carbonyl (C=O) groups excluding carboxylic acids is 1. The van der Waals surface area contributed by atoms with Crippen molar-refractivity contribution in [1.82, 2.24) is 15.3 Å². The van der Waals surface area contributed by atoms with Crippen molar-refractivity contribution >= 4 is 5.97 Å². The first kappa shape index (κ1) is 15.9. The fraction of sp³-hybridized carbons (Fsp3) is 0.615. The lowest BCUT2D eigenvalue weighted by molar-refractivity contribution is -0.238. The highest BCUT2D eigenvalue weighted by atomic mass is 19.4. The molecule has 2 aliphatic heterocycles. The number of hydrogen-bond acceptors (Lipinski definition) is 7. The number of fused-ring (bicyclic) bond motifs is 2. The van der Waals surface area contributed by atoms with E-state index in [-0.39, 0.29) is 24.9 Å². The van der Waals surface area contributed by atoms with Crippen molar-refractivity contribution in [2.45, 2.75) is 36.9 Å². The Bertz CT molecular complexity index is 571. The quantitative estimate of drug-likeness (QED) is 0.820. The maximum atomic E-state index is 12.5. The molecule has 2 saturated heterocycles. The molecule has 126 valence electrons. The van der Waals surface area contributed by atoms with Gasteiger partial charge in [-0.05, 0) is 0 Å². The van der Waals surface area contributed by atoms with E-state index < -0.39 is 24.0 Å². The summed E-state index contributed by atoms with van der Waals surface area (Å²) in [5.74, 6) is -2.00. The van der Waals surface area contributed by atoms with E-state index >= 15 is 0 Å². The molecule has 2 fully saturated rings. The Labute approximate surface area is 129 Å². The van der Waals surface area contributed by atoms with E-state index in [0.29, 0.717) is 13.0 Å². The van der Waals surface area contributed by atoms with E-state index in [1.165, 1.54) is 18.6 Å². The number of alkyl halides is 3. The molecular weight excluding hydrogens is 319 g/mol. The van der Waals surface area contributed by atoms with Crippen LogP contribution in [0.3, 0.4) is 0 Å². The highest BCUT2D eigenvalue weighted by Gasteiger charge is 2.52. The maximum absolute atomic E-state index is 12.5. The van der Waals surface area contributed by atoms with E-state index in [2.05, 4.69) is 20.0 Å². The number of morpholine rings is 1. The van der Waals surface area contributed by atoms with Crippen LogP contribution in [-0.4, -0.2) is 53.2 Å². The first-order valence-corrected chi connectivity index (χ1v) is 6.95.